The molecule has 1 aromatic rings. The summed E-state index contributed by atoms with van der Waals surface area (Å²) in [5.41, 5.74) is 7.16. The van der Waals surface area contributed by atoms with E-state index in [1.165, 1.54) is 0 Å². The summed E-state index contributed by atoms with van der Waals surface area (Å²) in [6.07, 6.45) is 0.334. The van der Waals surface area contributed by atoms with Gasteiger partial charge >= 0.3 is 5.97 Å². The highest BCUT2D eigenvalue weighted by molar-refractivity contribution is 5.96. The second-order valence-corrected chi connectivity index (χ2v) is 4.16. The maximum absolute atomic E-state index is 11.8. The minimum Gasteiger partial charge on any atom is -0.462 e. The van der Waals surface area contributed by atoms with Crippen molar-refractivity contribution >= 4 is 23.3 Å². The Morgan fingerprint density at radius 1 is 1.30 bits per heavy atom. The van der Waals surface area contributed by atoms with Crippen LogP contribution in [0.5, 0.6) is 0 Å². The Hall–Kier alpha value is -2.24. The fourth-order valence-corrected chi connectivity index (χ4v) is 1.69. The molecule has 0 heterocycles. The summed E-state index contributed by atoms with van der Waals surface area (Å²) in [5, 5.41) is 5.76. The molecule has 1 amide bonds. The number of rotatable bonds is 7. The fraction of sp³-hybridized carbons (Fsp3) is 0.429. The summed E-state index contributed by atoms with van der Waals surface area (Å²) < 4.78 is 4.98. The van der Waals surface area contributed by atoms with Gasteiger partial charge in [-0.3, -0.25) is 4.79 Å². The average Bonchev–Trinajstić information content (AvgIpc) is 2.41. The minimum atomic E-state index is -0.430. The molecule has 6 nitrogen and oxygen atoms in total. The highest BCUT2D eigenvalue weighted by Crippen LogP contribution is 2.20. The van der Waals surface area contributed by atoms with E-state index in [9.17, 15) is 9.59 Å². The van der Waals surface area contributed by atoms with Gasteiger partial charge in [-0.15, -0.1) is 0 Å². The molecule has 0 fully saturated rings. The Morgan fingerprint density at radius 2 is 2.05 bits per heavy atom. The number of benzene rings is 1. The maximum atomic E-state index is 11.8. The van der Waals surface area contributed by atoms with Crippen LogP contribution in [0.3, 0.4) is 0 Å². The number of carbonyl (C=O) groups is 2. The first-order valence-electron chi connectivity index (χ1n) is 6.65. The van der Waals surface area contributed by atoms with Crippen LogP contribution in [-0.4, -0.2) is 31.6 Å². The number of nitrogen functional groups attached to an aromatic ring is 1. The van der Waals surface area contributed by atoms with Gasteiger partial charge in [0.1, 0.15) is 0 Å². The third-order valence-corrected chi connectivity index (χ3v) is 2.58. The highest BCUT2D eigenvalue weighted by Gasteiger charge is 2.13. The molecule has 0 saturated heterocycles. The number of nitrogens with two attached hydrogens (primary N) is 1. The number of esters is 1. The summed E-state index contributed by atoms with van der Waals surface area (Å²) >= 11 is 0. The molecule has 0 unspecified atom stereocenters. The predicted molar refractivity (Wildman–Crippen MR) is 78.6 cm³/mol. The van der Waals surface area contributed by atoms with Crippen LogP contribution in [0, 0.1) is 0 Å². The summed E-state index contributed by atoms with van der Waals surface area (Å²) in [6, 6.07) is 4.96. The SMILES string of the molecule is CCNC(=O)CCNc1ccc(N)cc1C(=O)OCC. The quantitative estimate of drug-likeness (QED) is 0.518. The normalized spacial score (nSPS) is 9.90. The maximum Gasteiger partial charge on any atom is 0.340 e. The van der Waals surface area contributed by atoms with E-state index >= 15 is 0 Å². The molecule has 0 aliphatic carbocycles. The molecule has 1 aromatic carbocycles. The van der Waals surface area contributed by atoms with E-state index in [1.807, 2.05) is 6.92 Å². The van der Waals surface area contributed by atoms with E-state index in [1.54, 1.807) is 25.1 Å². The van der Waals surface area contributed by atoms with Crippen LogP contribution in [0.25, 0.3) is 0 Å². The smallest absolute Gasteiger partial charge is 0.340 e. The lowest BCUT2D eigenvalue weighted by Gasteiger charge is -2.12. The number of amides is 1. The van der Waals surface area contributed by atoms with Gasteiger partial charge in [0.25, 0.3) is 0 Å². The number of hydrogen-bond acceptors (Lipinski definition) is 5. The van der Waals surface area contributed by atoms with Crippen molar-refractivity contribution in [2.45, 2.75) is 20.3 Å². The lowest BCUT2D eigenvalue weighted by atomic mass is 10.1. The summed E-state index contributed by atoms with van der Waals surface area (Å²) in [7, 11) is 0. The van der Waals surface area contributed by atoms with Gasteiger partial charge < -0.3 is 21.1 Å². The zero-order valence-corrected chi connectivity index (χ0v) is 11.9. The van der Waals surface area contributed by atoms with Crippen molar-refractivity contribution in [1.29, 1.82) is 0 Å². The number of nitrogens with one attached hydrogen (secondary N) is 2. The molecule has 0 saturated carbocycles. The van der Waals surface area contributed by atoms with E-state index in [4.69, 9.17) is 10.5 Å². The molecule has 1 rings (SSSR count). The first-order valence-corrected chi connectivity index (χ1v) is 6.65. The van der Waals surface area contributed by atoms with Crippen LogP contribution < -0.4 is 16.4 Å². The van der Waals surface area contributed by atoms with Crippen LogP contribution in [-0.2, 0) is 9.53 Å². The number of ether oxygens (including phenoxy) is 1. The molecule has 0 aliphatic rings. The number of hydrogen-bond donors (Lipinski definition) is 3. The summed E-state index contributed by atoms with van der Waals surface area (Å²) in [6.45, 7) is 4.94. The Bertz CT molecular complexity index is 475. The molecule has 0 spiro atoms. The molecule has 20 heavy (non-hydrogen) atoms. The topological polar surface area (TPSA) is 93.5 Å². The van der Waals surface area contributed by atoms with E-state index in [2.05, 4.69) is 10.6 Å². The van der Waals surface area contributed by atoms with Crippen molar-refractivity contribution in [3.63, 3.8) is 0 Å². The molecular weight excluding hydrogens is 258 g/mol. The van der Waals surface area contributed by atoms with E-state index < -0.39 is 5.97 Å². The Morgan fingerprint density at radius 3 is 2.70 bits per heavy atom. The van der Waals surface area contributed by atoms with Crippen molar-refractivity contribution in [2.75, 3.05) is 30.7 Å². The molecule has 0 atom stereocenters. The van der Waals surface area contributed by atoms with E-state index in [0.29, 0.717) is 43.1 Å². The zero-order valence-electron chi connectivity index (χ0n) is 11.9. The summed E-state index contributed by atoms with van der Waals surface area (Å²) in [5.74, 6) is -0.464. The second kappa shape index (κ2) is 8.04. The van der Waals surface area contributed by atoms with Gasteiger partial charge in [-0.2, -0.15) is 0 Å². The van der Waals surface area contributed by atoms with Crippen LogP contribution in [0.2, 0.25) is 0 Å². The molecule has 0 aliphatic heterocycles. The van der Waals surface area contributed by atoms with Crippen molar-refractivity contribution < 1.29 is 14.3 Å². The molecule has 0 aromatic heterocycles. The van der Waals surface area contributed by atoms with Gasteiger partial charge in [0.05, 0.1) is 12.2 Å². The minimum absolute atomic E-state index is 0.0341. The van der Waals surface area contributed by atoms with Crippen LogP contribution in [0.1, 0.15) is 30.6 Å². The van der Waals surface area contributed by atoms with E-state index in [0.717, 1.165) is 0 Å². The molecule has 4 N–H and O–H groups in total. The molecule has 0 bridgehead atoms. The first-order chi connectivity index (χ1) is 9.58. The van der Waals surface area contributed by atoms with Crippen molar-refractivity contribution in [3.8, 4) is 0 Å². The highest BCUT2D eigenvalue weighted by atomic mass is 16.5. The second-order valence-electron chi connectivity index (χ2n) is 4.16. The molecule has 110 valence electrons. The monoisotopic (exact) mass is 279 g/mol. The largest absolute Gasteiger partial charge is 0.462 e. The predicted octanol–water partition coefficient (Wildman–Crippen LogP) is 1.38. The molecule has 0 radical (unpaired) electrons. The summed E-state index contributed by atoms with van der Waals surface area (Å²) in [4.78, 5) is 23.2. The van der Waals surface area contributed by atoms with Gasteiger partial charge in [-0.05, 0) is 32.0 Å². The van der Waals surface area contributed by atoms with Gasteiger partial charge in [-0.1, -0.05) is 0 Å². The first kappa shape index (κ1) is 15.8. The fourth-order valence-electron chi connectivity index (χ4n) is 1.69. The third-order valence-electron chi connectivity index (χ3n) is 2.58. The lowest BCUT2D eigenvalue weighted by Crippen LogP contribution is -2.25. The van der Waals surface area contributed by atoms with Gasteiger partial charge in [0.15, 0.2) is 0 Å². The van der Waals surface area contributed by atoms with Gasteiger partial charge in [-0.25, -0.2) is 4.79 Å². The Labute approximate surface area is 118 Å². The number of anilines is 2. The van der Waals surface area contributed by atoms with E-state index in [-0.39, 0.29) is 5.91 Å². The van der Waals surface area contributed by atoms with Crippen LogP contribution in [0.4, 0.5) is 11.4 Å². The Kier molecular flexibility index (Phi) is 6.36. The lowest BCUT2D eigenvalue weighted by molar-refractivity contribution is -0.120. The molecule has 6 heteroatoms. The zero-order chi connectivity index (χ0) is 15.0. The number of carbonyl (C=O) groups excluding carboxylic acids is 2. The van der Waals surface area contributed by atoms with Crippen molar-refractivity contribution in [2.24, 2.45) is 0 Å². The third kappa shape index (κ3) is 4.79. The van der Waals surface area contributed by atoms with Crippen LogP contribution >= 0.6 is 0 Å². The van der Waals surface area contributed by atoms with Crippen molar-refractivity contribution in [3.05, 3.63) is 23.8 Å². The van der Waals surface area contributed by atoms with Gasteiger partial charge in [0, 0.05) is 30.9 Å². The molecular formula is C14H21N3O3. The van der Waals surface area contributed by atoms with Crippen LogP contribution in [0.15, 0.2) is 18.2 Å². The average molecular weight is 279 g/mol. The van der Waals surface area contributed by atoms with Crippen molar-refractivity contribution in [1.82, 2.24) is 5.32 Å². The van der Waals surface area contributed by atoms with Gasteiger partial charge in [0.2, 0.25) is 5.91 Å². The standard InChI is InChI=1S/C14H21N3O3/c1-3-16-13(18)7-8-17-12-6-5-10(15)9-11(12)14(19)20-4-2/h5-6,9,17H,3-4,7-8,15H2,1-2H3,(H,16,18). The Balaban J connectivity index is 2.69.